The van der Waals surface area contributed by atoms with Gasteiger partial charge >= 0.3 is 0 Å². The molecule has 4 N–H and O–H groups in total. The zero-order valence-electron chi connectivity index (χ0n) is 15.3. The third kappa shape index (κ3) is 6.94. The van der Waals surface area contributed by atoms with Gasteiger partial charge in [-0.25, -0.2) is 0 Å². The number of halogens is 3. The van der Waals surface area contributed by atoms with Gasteiger partial charge in [0, 0.05) is 23.1 Å². The third-order valence-electron chi connectivity index (χ3n) is 5.24. The SMILES string of the molecule is Cl.Cl.N[C@@H](Cc1ccccc1)[C@H](O)CNC1(Cc2cccc(Cl)c2)CCC1. The van der Waals surface area contributed by atoms with Crippen molar-refractivity contribution >= 4 is 36.4 Å². The normalized spacial score (nSPS) is 17.0. The molecule has 1 aliphatic rings. The highest BCUT2D eigenvalue weighted by Gasteiger charge is 2.37. The Morgan fingerprint density at radius 3 is 2.30 bits per heavy atom. The number of hydrogen-bond acceptors (Lipinski definition) is 3. The van der Waals surface area contributed by atoms with Crippen LogP contribution in [0.25, 0.3) is 0 Å². The number of hydrogen-bond donors (Lipinski definition) is 3. The number of β-amino-alcohol motifs (C(OH)–C–C–N with tert-alkyl or cyclic N) is 1. The minimum atomic E-state index is -0.558. The van der Waals surface area contributed by atoms with Gasteiger partial charge in [0.25, 0.3) is 0 Å². The summed E-state index contributed by atoms with van der Waals surface area (Å²) in [7, 11) is 0. The second-order valence-electron chi connectivity index (χ2n) is 7.24. The van der Waals surface area contributed by atoms with Gasteiger partial charge in [0.05, 0.1) is 6.10 Å². The monoisotopic (exact) mass is 430 g/mol. The average Bonchev–Trinajstić information content (AvgIpc) is 2.57. The number of rotatable bonds is 8. The van der Waals surface area contributed by atoms with Crippen molar-refractivity contribution in [2.45, 2.75) is 49.8 Å². The Kier molecular flexibility index (Phi) is 10.1. The fourth-order valence-electron chi connectivity index (χ4n) is 3.55. The van der Waals surface area contributed by atoms with Crippen molar-refractivity contribution < 1.29 is 5.11 Å². The van der Waals surface area contributed by atoms with Gasteiger partial charge in [-0.05, 0) is 55.4 Å². The molecule has 0 aromatic heterocycles. The number of aliphatic hydroxyl groups is 1. The average molecular weight is 432 g/mol. The van der Waals surface area contributed by atoms with Gasteiger partial charge in [-0.1, -0.05) is 54.1 Å². The number of aliphatic hydroxyl groups excluding tert-OH is 1. The second kappa shape index (κ2) is 11.3. The van der Waals surface area contributed by atoms with Crippen molar-refractivity contribution in [2.75, 3.05) is 6.54 Å². The van der Waals surface area contributed by atoms with Gasteiger partial charge in [0.1, 0.15) is 0 Å². The van der Waals surface area contributed by atoms with Crippen molar-refractivity contribution in [2.24, 2.45) is 5.73 Å². The Balaban J connectivity index is 0.00000182. The van der Waals surface area contributed by atoms with E-state index in [1.54, 1.807) is 0 Å². The predicted molar refractivity (Wildman–Crippen MR) is 118 cm³/mol. The van der Waals surface area contributed by atoms with E-state index in [1.807, 2.05) is 48.5 Å². The maximum Gasteiger partial charge on any atom is 0.0818 e. The van der Waals surface area contributed by atoms with Crippen LogP contribution in [0.4, 0.5) is 0 Å². The lowest BCUT2D eigenvalue weighted by molar-refractivity contribution is 0.104. The fourth-order valence-corrected chi connectivity index (χ4v) is 3.76. The van der Waals surface area contributed by atoms with Crippen molar-refractivity contribution in [1.29, 1.82) is 0 Å². The van der Waals surface area contributed by atoms with E-state index in [0.717, 1.165) is 29.8 Å². The summed E-state index contributed by atoms with van der Waals surface area (Å²) >= 11 is 6.10. The molecule has 0 spiro atoms. The van der Waals surface area contributed by atoms with Gasteiger partial charge in [-0.3, -0.25) is 0 Å². The lowest BCUT2D eigenvalue weighted by atomic mass is 9.72. The van der Waals surface area contributed by atoms with Crippen LogP contribution in [0.15, 0.2) is 54.6 Å². The summed E-state index contributed by atoms with van der Waals surface area (Å²) in [5.74, 6) is 0. The van der Waals surface area contributed by atoms with Gasteiger partial charge in [0.15, 0.2) is 0 Å². The van der Waals surface area contributed by atoms with Gasteiger partial charge < -0.3 is 16.2 Å². The van der Waals surface area contributed by atoms with Crippen molar-refractivity contribution in [1.82, 2.24) is 5.32 Å². The first kappa shape index (κ1) is 24.2. The molecule has 0 heterocycles. The Labute approximate surface area is 179 Å². The Bertz CT molecular complexity index is 680. The molecule has 27 heavy (non-hydrogen) atoms. The summed E-state index contributed by atoms with van der Waals surface area (Å²) in [5, 5.41) is 14.8. The second-order valence-corrected chi connectivity index (χ2v) is 7.68. The first-order valence-electron chi connectivity index (χ1n) is 9.03. The molecule has 0 aliphatic heterocycles. The summed E-state index contributed by atoms with van der Waals surface area (Å²) in [6.07, 6.45) is 4.54. The predicted octanol–water partition coefficient (Wildman–Crippen LogP) is 4.17. The molecule has 0 amide bonds. The zero-order valence-corrected chi connectivity index (χ0v) is 17.7. The molecule has 3 nitrogen and oxygen atoms in total. The molecule has 0 saturated heterocycles. The highest BCUT2D eigenvalue weighted by atomic mass is 35.5. The maximum absolute atomic E-state index is 10.5. The van der Waals surface area contributed by atoms with Crippen LogP contribution in [0.5, 0.6) is 0 Å². The molecule has 3 rings (SSSR count). The van der Waals surface area contributed by atoms with E-state index < -0.39 is 6.10 Å². The smallest absolute Gasteiger partial charge is 0.0818 e. The van der Waals surface area contributed by atoms with E-state index in [2.05, 4.69) is 11.4 Å². The van der Waals surface area contributed by atoms with Crippen molar-refractivity contribution in [3.8, 4) is 0 Å². The Morgan fingerprint density at radius 2 is 1.70 bits per heavy atom. The molecule has 1 saturated carbocycles. The van der Waals surface area contributed by atoms with Crippen LogP contribution in [-0.4, -0.2) is 29.3 Å². The first-order chi connectivity index (χ1) is 12.1. The summed E-state index contributed by atoms with van der Waals surface area (Å²) < 4.78 is 0. The summed E-state index contributed by atoms with van der Waals surface area (Å²) in [5.41, 5.74) is 8.67. The molecular formula is C21H29Cl3N2O. The zero-order chi connectivity index (χ0) is 17.7. The largest absolute Gasteiger partial charge is 0.390 e. The molecule has 1 aliphatic carbocycles. The van der Waals surface area contributed by atoms with Crippen molar-refractivity contribution in [3.05, 3.63) is 70.7 Å². The lowest BCUT2D eigenvalue weighted by Crippen LogP contribution is -2.56. The van der Waals surface area contributed by atoms with E-state index in [-0.39, 0.29) is 36.4 Å². The molecular weight excluding hydrogens is 403 g/mol. The van der Waals surface area contributed by atoms with Crippen molar-refractivity contribution in [3.63, 3.8) is 0 Å². The van der Waals surface area contributed by atoms with E-state index in [4.69, 9.17) is 17.3 Å². The van der Waals surface area contributed by atoms with Crippen LogP contribution in [0.1, 0.15) is 30.4 Å². The molecule has 0 radical (unpaired) electrons. The summed E-state index contributed by atoms with van der Waals surface area (Å²) in [4.78, 5) is 0. The van der Waals surface area contributed by atoms with E-state index in [1.165, 1.54) is 12.0 Å². The highest BCUT2D eigenvalue weighted by Crippen LogP contribution is 2.35. The topological polar surface area (TPSA) is 58.3 Å². The number of nitrogens with two attached hydrogens (primary N) is 1. The maximum atomic E-state index is 10.5. The highest BCUT2D eigenvalue weighted by molar-refractivity contribution is 6.30. The van der Waals surface area contributed by atoms with Crippen LogP contribution in [-0.2, 0) is 12.8 Å². The van der Waals surface area contributed by atoms with E-state index in [9.17, 15) is 5.11 Å². The van der Waals surface area contributed by atoms with Gasteiger partial charge in [-0.2, -0.15) is 0 Å². The standard InChI is InChI=1S/C21H27ClN2O.2ClH/c22-18-9-4-8-17(12-18)14-21(10-5-11-21)24-15-20(25)19(23)13-16-6-2-1-3-7-16;;/h1-4,6-9,12,19-20,24-25H,5,10-11,13-15,23H2;2*1H/t19-,20+;;/m0../s1. The van der Waals surface area contributed by atoms with E-state index in [0.29, 0.717) is 13.0 Å². The van der Waals surface area contributed by atoms with Crippen LogP contribution in [0.3, 0.4) is 0 Å². The molecule has 0 unspecified atom stereocenters. The molecule has 2 aromatic rings. The first-order valence-corrected chi connectivity index (χ1v) is 9.41. The Hall–Kier alpha value is -0.810. The molecule has 2 aromatic carbocycles. The van der Waals surface area contributed by atoms with Crippen LogP contribution in [0.2, 0.25) is 5.02 Å². The van der Waals surface area contributed by atoms with Crippen LogP contribution < -0.4 is 11.1 Å². The molecule has 6 heteroatoms. The summed E-state index contributed by atoms with van der Waals surface area (Å²) in [6, 6.07) is 17.9. The van der Waals surface area contributed by atoms with E-state index >= 15 is 0 Å². The van der Waals surface area contributed by atoms with Gasteiger partial charge in [-0.15, -0.1) is 24.8 Å². The summed E-state index contributed by atoms with van der Waals surface area (Å²) in [6.45, 7) is 0.522. The van der Waals surface area contributed by atoms with Crippen LogP contribution in [0, 0.1) is 0 Å². The fraction of sp³-hybridized carbons (Fsp3) is 0.429. The molecule has 0 bridgehead atoms. The molecule has 1 fully saturated rings. The lowest BCUT2D eigenvalue weighted by Gasteiger charge is -2.44. The molecule has 2 atom stereocenters. The van der Waals surface area contributed by atoms with Gasteiger partial charge in [0.2, 0.25) is 0 Å². The third-order valence-corrected chi connectivity index (χ3v) is 5.47. The molecule has 150 valence electrons. The minimum absolute atomic E-state index is 0. The quantitative estimate of drug-likeness (QED) is 0.588. The Morgan fingerprint density at radius 1 is 1.04 bits per heavy atom. The number of nitrogens with one attached hydrogen (secondary N) is 1. The number of benzene rings is 2. The minimum Gasteiger partial charge on any atom is -0.390 e. The van der Waals surface area contributed by atoms with Crippen LogP contribution >= 0.6 is 36.4 Å².